The summed E-state index contributed by atoms with van der Waals surface area (Å²) in [5.41, 5.74) is 1.66. The highest BCUT2D eigenvalue weighted by Crippen LogP contribution is 2.16. The number of benzene rings is 1. The van der Waals surface area contributed by atoms with Gasteiger partial charge in [-0.15, -0.1) is 0 Å². The van der Waals surface area contributed by atoms with Crippen molar-refractivity contribution < 1.29 is 38.1 Å². The van der Waals surface area contributed by atoms with Crippen molar-refractivity contribution in [3.63, 3.8) is 0 Å². The summed E-state index contributed by atoms with van der Waals surface area (Å²) in [7, 11) is 0. The van der Waals surface area contributed by atoms with E-state index in [-0.39, 0.29) is 37.1 Å². The number of halogens is 1. The fourth-order valence-corrected chi connectivity index (χ4v) is 3.53. The highest BCUT2D eigenvalue weighted by molar-refractivity contribution is 7.80. The second-order valence-electron chi connectivity index (χ2n) is 6.88. The van der Waals surface area contributed by atoms with Gasteiger partial charge in [-0.2, -0.15) is 0 Å². The van der Waals surface area contributed by atoms with E-state index in [2.05, 4.69) is 15.4 Å². The van der Waals surface area contributed by atoms with Gasteiger partial charge < -0.3 is 34.3 Å². The lowest BCUT2D eigenvalue weighted by atomic mass is 10.0. The number of carbonyl (C=O) groups excluding carboxylic acids is 3. The van der Waals surface area contributed by atoms with Crippen molar-refractivity contribution >= 4 is 47.2 Å². The fraction of sp³-hybridized carbons (Fsp3) is 0.400. The molecule has 3 rings (SSSR count). The Bertz CT molecular complexity index is 938. The molecule has 0 saturated carbocycles. The number of rotatable bonds is 8. The van der Waals surface area contributed by atoms with Gasteiger partial charge in [-0.05, 0) is 36.8 Å². The third-order valence-electron chi connectivity index (χ3n) is 4.50. The third-order valence-corrected chi connectivity index (χ3v) is 4.95. The highest BCUT2D eigenvalue weighted by Gasteiger charge is 2.31. The summed E-state index contributed by atoms with van der Waals surface area (Å²) >= 11 is 11.1. The van der Waals surface area contributed by atoms with Crippen LogP contribution in [0.3, 0.4) is 0 Å². The van der Waals surface area contributed by atoms with Crippen molar-refractivity contribution in [2.24, 2.45) is 0 Å². The number of esters is 1. The Kier molecular flexibility index (Phi) is 8.12. The Morgan fingerprint density at radius 2 is 2.03 bits per heavy atom. The molecule has 10 nitrogen and oxygen atoms in total. The zero-order chi connectivity index (χ0) is 23.1. The van der Waals surface area contributed by atoms with Crippen LogP contribution in [-0.2, 0) is 34.9 Å². The van der Waals surface area contributed by atoms with Crippen molar-refractivity contribution in [2.45, 2.75) is 25.5 Å². The SMILES string of the molecule is CC1=C(C(=O)OCCc2cccc(Cl)c2)C(COC(=O)OCC2COC(=O)O2)NC(=S)N1. The maximum Gasteiger partial charge on any atom is 0.508 e. The molecular formula is C20H21ClN2O8S. The molecule has 2 aliphatic heterocycles. The molecule has 2 unspecified atom stereocenters. The first kappa shape index (κ1) is 23.6. The van der Waals surface area contributed by atoms with Crippen molar-refractivity contribution in [2.75, 3.05) is 26.4 Å². The van der Waals surface area contributed by atoms with E-state index in [0.717, 1.165) is 5.56 Å². The third kappa shape index (κ3) is 6.72. The zero-order valence-electron chi connectivity index (χ0n) is 17.1. The molecule has 1 saturated heterocycles. The van der Waals surface area contributed by atoms with Crippen LogP contribution in [0, 0.1) is 0 Å². The van der Waals surface area contributed by atoms with Gasteiger partial charge in [0.2, 0.25) is 0 Å². The highest BCUT2D eigenvalue weighted by atomic mass is 35.5. The van der Waals surface area contributed by atoms with Gasteiger partial charge in [0.25, 0.3) is 0 Å². The van der Waals surface area contributed by atoms with Crippen LogP contribution < -0.4 is 10.6 Å². The van der Waals surface area contributed by atoms with Gasteiger partial charge in [0.15, 0.2) is 11.2 Å². The van der Waals surface area contributed by atoms with E-state index in [4.69, 9.17) is 42.8 Å². The second-order valence-corrected chi connectivity index (χ2v) is 7.72. The van der Waals surface area contributed by atoms with Gasteiger partial charge in [0, 0.05) is 17.1 Å². The lowest BCUT2D eigenvalue weighted by Crippen LogP contribution is -2.52. The minimum atomic E-state index is -0.995. The first-order valence-corrected chi connectivity index (χ1v) is 10.4. The largest absolute Gasteiger partial charge is 0.508 e. The molecular weight excluding hydrogens is 464 g/mol. The molecule has 12 heteroatoms. The van der Waals surface area contributed by atoms with E-state index in [1.165, 1.54) is 0 Å². The number of ether oxygens (including phenoxy) is 5. The second kappa shape index (κ2) is 11.0. The van der Waals surface area contributed by atoms with Gasteiger partial charge in [-0.3, -0.25) is 0 Å². The molecule has 0 radical (unpaired) electrons. The number of cyclic esters (lactones) is 2. The number of thiocarbonyl (C=S) groups is 1. The van der Waals surface area contributed by atoms with Crippen molar-refractivity contribution in [1.29, 1.82) is 0 Å². The quantitative estimate of drug-likeness (QED) is 0.321. The molecule has 0 amide bonds. The normalized spacial score (nSPS) is 19.9. The Balaban J connectivity index is 1.51. The van der Waals surface area contributed by atoms with Crippen LogP contribution in [0.25, 0.3) is 0 Å². The van der Waals surface area contributed by atoms with Gasteiger partial charge in [-0.25, -0.2) is 14.4 Å². The summed E-state index contributed by atoms with van der Waals surface area (Å²) in [6, 6.07) is 6.52. The molecule has 0 spiro atoms. The maximum atomic E-state index is 12.7. The van der Waals surface area contributed by atoms with Crippen molar-refractivity contribution in [3.05, 3.63) is 46.1 Å². The van der Waals surface area contributed by atoms with E-state index in [1.54, 1.807) is 19.1 Å². The van der Waals surface area contributed by atoms with E-state index in [1.807, 2.05) is 12.1 Å². The minimum Gasteiger partial charge on any atom is -0.462 e. The van der Waals surface area contributed by atoms with Crippen LogP contribution >= 0.6 is 23.8 Å². The van der Waals surface area contributed by atoms with Crippen molar-refractivity contribution in [1.82, 2.24) is 10.6 Å². The summed E-state index contributed by atoms with van der Waals surface area (Å²) in [5.74, 6) is -0.580. The topological polar surface area (TPSA) is 121 Å². The molecule has 0 aliphatic carbocycles. The molecule has 2 aliphatic rings. The smallest absolute Gasteiger partial charge is 0.462 e. The van der Waals surface area contributed by atoms with Crippen LogP contribution in [0.2, 0.25) is 5.02 Å². The van der Waals surface area contributed by atoms with Crippen LogP contribution in [0.1, 0.15) is 12.5 Å². The molecule has 0 bridgehead atoms. The fourth-order valence-electron chi connectivity index (χ4n) is 3.02. The van der Waals surface area contributed by atoms with Crippen LogP contribution in [0.4, 0.5) is 9.59 Å². The Hall–Kier alpha value is -3.05. The molecule has 2 heterocycles. The molecule has 0 aromatic heterocycles. The summed E-state index contributed by atoms with van der Waals surface area (Å²) in [6.45, 7) is 1.34. The first-order valence-electron chi connectivity index (χ1n) is 9.64. The average molecular weight is 485 g/mol. The predicted molar refractivity (Wildman–Crippen MR) is 115 cm³/mol. The zero-order valence-corrected chi connectivity index (χ0v) is 18.6. The van der Waals surface area contributed by atoms with Gasteiger partial charge in [0.1, 0.15) is 19.8 Å². The van der Waals surface area contributed by atoms with E-state index in [0.29, 0.717) is 17.1 Å². The van der Waals surface area contributed by atoms with E-state index >= 15 is 0 Å². The monoisotopic (exact) mass is 484 g/mol. The van der Waals surface area contributed by atoms with E-state index in [9.17, 15) is 14.4 Å². The van der Waals surface area contributed by atoms with Crippen molar-refractivity contribution in [3.8, 4) is 0 Å². The number of carbonyl (C=O) groups is 3. The summed E-state index contributed by atoms with van der Waals surface area (Å²) in [4.78, 5) is 35.4. The number of allylic oxidation sites excluding steroid dienone is 1. The summed E-state index contributed by atoms with van der Waals surface area (Å²) in [6.07, 6.45) is -2.02. The summed E-state index contributed by atoms with van der Waals surface area (Å²) < 4.78 is 24.7. The van der Waals surface area contributed by atoms with Gasteiger partial charge in [-0.1, -0.05) is 23.7 Å². The minimum absolute atomic E-state index is 0.0106. The lowest BCUT2D eigenvalue weighted by molar-refractivity contribution is -0.139. The molecule has 172 valence electrons. The molecule has 1 aromatic rings. The lowest BCUT2D eigenvalue weighted by Gasteiger charge is -2.29. The van der Waals surface area contributed by atoms with Crippen LogP contribution in [0.15, 0.2) is 35.5 Å². The number of hydrogen-bond acceptors (Lipinski definition) is 9. The Morgan fingerprint density at radius 3 is 2.75 bits per heavy atom. The van der Waals surface area contributed by atoms with Crippen LogP contribution in [-0.4, -0.2) is 62.0 Å². The number of hydrogen-bond donors (Lipinski definition) is 2. The summed E-state index contributed by atoms with van der Waals surface area (Å²) in [5, 5.41) is 6.61. The van der Waals surface area contributed by atoms with Crippen LogP contribution in [0.5, 0.6) is 0 Å². The standard InChI is InChI=1S/C20H21ClN2O8S/c1-11-16(17(24)27-6-5-12-3-2-4-13(21)7-12)15(23-18(32)22-11)10-30-19(25)28-8-14-9-29-20(26)31-14/h2-4,7,14-15H,5-6,8-10H2,1H3,(H2,22,23,32). The molecule has 32 heavy (non-hydrogen) atoms. The maximum absolute atomic E-state index is 12.7. The first-order chi connectivity index (χ1) is 15.3. The van der Waals surface area contributed by atoms with E-state index < -0.39 is 30.4 Å². The number of nitrogens with one attached hydrogen (secondary N) is 2. The predicted octanol–water partition coefficient (Wildman–Crippen LogP) is 2.23. The average Bonchev–Trinajstić information content (AvgIpc) is 3.15. The Labute approximate surface area is 194 Å². The van der Waals surface area contributed by atoms with Gasteiger partial charge in [0.05, 0.1) is 18.2 Å². The molecule has 2 atom stereocenters. The molecule has 1 fully saturated rings. The molecule has 2 N–H and O–H groups in total. The van der Waals surface area contributed by atoms with Gasteiger partial charge >= 0.3 is 18.3 Å². The Morgan fingerprint density at radius 1 is 1.25 bits per heavy atom. The molecule has 1 aromatic carbocycles.